The minimum atomic E-state index is -0.246. The number of urea groups is 1. The molecule has 2 amide bonds. The summed E-state index contributed by atoms with van der Waals surface area (Å²) in [5, 5.41) is 6.55. The first kappa shape index (κ1) is 14.0. The summed E-state index contributed by atoms with van der Waals surface area (Å²) in [4.78, 5) is 12.9. The maximum absolute atomic E-state index is 11.5. The lowest BCUT2D eigenvalue weighted by Crippen LogP contribution is -2.40. The Balaban J connectivity index is 1.99. The lowest BCUT2D eigenvalue weighted by molar-refractivity contribution is -0.782. The van der Waals surface area contributed by atoms with Crippen LogP contribution in [0.5, 0.6) is 0 Å². The Morgan fingerprint density at radius 1 is 1.40 bits per heavy atom. The van der Waals surface area contributed by atoms with Crippen molar-refractivity contribution in [2.45, 2.75) is 19.4 Å². The molecule has 106 valence electrons. The zero-order chi connectivity index (χ0) is 14.5. The third kappa shape index (κ3) is 3.57. The summed E-state index contributed by atoms with van der Waals surface area (Å²) in [5.41, 5.74) is 1.23. The number of hydrogen-bond donors (Lipinski definition) is 1. The highest BCUT2D eigenvalue weighted by molar-refractivity contribution is 5.87. The summed E-state index contributed by atoms with van der Waals surface area (Å²) >= 11 is 0. The van der Waals surface area contributed by atoms with E-state index in [1.165, 1.54) is 10.5 Å². The zero-order valence-electron chi connectivity index (χ0n) is 11.9. The van der Waals surface area contributed by atoms with Crippen molar-refractivity contribution in [1.82, 2.24) is 10.2 Å². The minimum absolute atomic E-state index is 0.145. The normalized spacial score (nSPS) is 11.9. The molecular formula is C14H19N4O2+. The number of carbonyl (C=O) groups is 1. The average Bonchev–Trinajstić information content (AvgIpc) is 2.88. The SMILES string of the molecule is CC(Cc1ccccc1)[n+]1cc(NC(=O)N(C)C)on1. The number of anilines is 1. The van der Waals surface area contributed by atoms with E-state index in [1.54, 1.807) is 25.0 Å². The van der Waals surface area contributed by atoms with Gasteiger partial charge in [-0.15, -0.1) is 0 Å². The van der Waals surface area contributed by atoms with Gasteiger partial charge in [0.1, 0.15) is 0 Å². The van der Waals surface area contributed by atoms with E-state index in [0.29, 0.717) is 5.88 Å². The Hall–Kier alpha value is -2.37. The van der Waals surface area contributed by atoms with E-state index < -0.39 is 0 Å². The first-order valence-electron chi connectivity index (χ1n) is 6.46. The molecule has 0 fully saturated rings. The third-order valence-corrected chi connectivity index (χ3v) is 2.94. The fourth-order valence-electron chi connectivity index (χ4n) is 1.79. The first-order valence-corrected chi connectivity index (χ1v) is 6.46. The second-order valence-electron chi connectivity index (χ2n) is 4.91. The highest BCUT2D eigenvalue weighted by atomic mass is 16.5. The lowest BCUT2D eigenvalue weighted by atomic mass is 10.1. The van der Waals surface area contributed by atoms with Crippen molar-refractivity contribution in [1.29, 1.82) is 0 Å². The molecule has 6 heteroatoms. The van der Waals surface area contributed by atoms with Gasteiger partial charge in [-0.05, 0) is 10.2 Å². The lowest BCUT2D eigenvalue weighted by Gasteiger charge is -2.07. The fraction of sp³-hybridized carbons (Fsp3) is 0.357. The summed E-state index contributed by atoms with van der Waals surface area (Å²) in [6, 6.07) is 10.1. The Kier molecular flexibility index (Phi) is 4.34. The third-order valence-electron chi connectivity index (χ3n) is 2.94. The predicted molar refractivity (Wildman–Crippen MR) is 74.3 cm³/mol. The minimum Gasteiger partial charge on any atom is -0.331 e. The quantitative estimate of drug-likeness (QED) is 0.866. The van der Waals surface area contributed by atoms with E-state index in [-0.39, 0.29) is 12.1 Å². The largest absolute Gasteiger partial charge is 0.331 e. The van der Waals surface area contributed by atoms with E-state index >= 15 is 0 Å². The van der Waals surface area contributed by atoms with Crippen LogP contribution in [0.4, 0.5) is 10.7 Å². The van der Waals surface area contributed by atoms with Crippen LogP contribution >= 0.6 is 0 Å². The fourth-order valence-corrected chi connectivity index (χ4v) is 1.79. The number of carbonyl (C=O) groups excluding carboxylic acids is 1. The van der Waals surface area contributed by atoms with Gasteiger partial charge in [0.25, 0.3) is 6.20 Å². The van der Waals surface area contributed by atoms with Gasteiger partial charge in [-0.3, -0.25) is 9.84 Å². The van der Waals surface area contributed by atoms with Gasteiger partial charge in [-0.2, -0.15) is 0 Å². The smallest absolute Gasteiger partial charge is 0.323 e. The van der Waals surface area contributed by atoms with Gasteiger partial charge in [-0.25, -0.2) is 4.79 Å². The Bertz CT molecular complexity index is 566. The van der Waals surface area contributed by atoms with Crippen LogP contribution < -0.4 is 10.00 Å². The second-order valence-corrected chi connectivity index (χ2v) is 4.91. The number of aromatic nitrogens is 2. The van der Waals surface area contributed by atoms with Crippen LogP contribution in [0.25, 0.3) is 0 Å². The molecule has 0 saturated heterocycles. The molecule has 1 heterocycles. The average molecular weight is 275 g/mol. The molecule has 0 aliphatic carbocycles. The monoisotopic (exact) mass is 275 g/mol. The molecule has 0 saturated carbocycles. The predicted octanol–water partition coefficient (Wildman–Crippen LogP) is 1.86. The molecule has 1 unspecified atom stereocenters. The van der Waals surface area contributed by atoms with Crippen molar-refractivity contribution in [2.24, 2.45) is 0 Å². The van der Waals surface area contributed by atoms with E-state index in [9.17, 15) is 4.79 Å². The number of hydrogen-bond acceptors (Lipinski definition) is 3. The Morgan fingerprint density at radius 2 is 2.10 bits per heavy atom. The van der Waals surface area contributed by atoms with Crippen LogP contribution in [-0.4, -0.2) is 30.3 Å². The van der Waals surface area contributed by atoms with E-state index in [0.717, 1.165) is 6.42 Å². The molecule has 0 spiro atoms. The molecule has 0 bridgehead atoms. The van der Waals surface area contributed by atoms with Crippen molar-refractivity contribution in [2.75, 3.05) is 19.4 Å². The highest BCUT2D eigenvalue weighted by Gasteiger charge is 2.21. The topological polar surface area (TPSA) is 62.3 Å². The molecular weight excluding hydrogens is 256 g/mol. The molecule has 1 N–H and O–H groups in total. The summed E-state index contributed by atoms with van der Waals surface area (Å²) in [6.07, 6.45) is 2.54. The first-order chi connectivity index (χ1) is 9.56. The number of rotatable bonds is 4. The van der Waals surface area contributed by atoms with Crippen LogP contribution in [0.3, 0.4) is 0 Å². The summed E-state index contributed by atoms with van der Waals surface area (Å²) in [7, 11) is 3.33. The maximum atomic E-state index is 11.5. The van der Waals surface area contributed by atoms with Crippen LogP contribution in [0, 0.1) is 0 Å². The molecule has 0 radical (unpaired) electrons. The molecule has 0 aliphatic heterocycles. The van der Waals surface area contributed by atoms with Gasteiger partial charge in [0.15, 0.2) is 6.04 Å². The number of nitrogens with zero attached hydrogens (tertiary/aromatic N) is 3. The van der Waals surface area contributed by atoms with Gasteiger partial charge in [0.2, 0.25) is 5.27 Å². The number of amides is 2. The summed E-state index contributed by atoms with van der Waals surface area (Å²) < 4.78 is 6.81. The molecule has 2 aromatic rings. The Labute approximate surface area is 118 Å². The number of benzene rings is 1. The number of nitrogens with one attached hydrogen (secondary N) is 1. The zero-order valence-corrected chi connectivity index (χ0v) is 11.9. The van der Waals surface area contributed by atoms with E-state index in [4.69, 9.17) is 4.52 Å². The molecule has 6 nitrogen and oxygen atoms in total. The van der Waals surface area contributed by atoms with Crippen LogP contribution in [-0.2, 0) is 6.42 Å². The van der Waals surface area contributed by atoms with Gasteiger partial charge >= 0.3 is 11.9 Å². The van der Waals surface area contributed by atoms with Crippen molar-refractivity contribution >= 4 is 11.9 Å². The van der Waals surface area contributed by atoms with Crippen LogP contribution in [0.15, 0.2) is 41.1 Å². The highest BCUT2D eigenvalue weighted by Crippen LogP contribution is 2.09. The summed E-state index contributed by atoms with van der Waals surface area (Å²) in [6.45, 7) is 2.05. The molecule has 1 aromatic heterocycles. The molecule has 20 heavy (non-hydrogen) atoms. The second kappa shape index (κ2) is 6.18. The maximum Gasteiger partial charge on any atom is 0.323 e. The van der Waals surface area contributed by atoms with Crippen molar-refractivity contribution in [3.63, 3.8) is 0 Å². The molecule has 0 aliphatic rings. The molecule has 1 aromatic carbocycles. The van der Waals surface area contributed by atoms with Crippen molar-refractivity contribution < 1.29 is 14.0 Å². The molecule has 1 atom stereocenters. The van der Waals surface area contributed by atoms with Gasteiger partial charge < -0.3 is 4.90 Å². The standard InChI is InChI=1S/C14H18N4O2/c1-11(9-12-7-5-4-6-8-12)18-10-13(20-16-18)15-14(19)17(2)3/h4-8,10-11H,9H2,1-3H3/p+1. The van der Waals surface area contributed by atoms with Gasteiger partial charge in [-0.1, -0.05) is 30.3 Å². The molecule has 2 rings (SSSR count). The van der Waals surface area contributed by atoms with E-state index in [2.05, 4.69) is 22.7 Å². The van der Waals surface area contributed by atoms with Crippen LogP contribution in [0.1, 0.15) is 18.5 Å². The summed E-state index contributed by atoms with van der Waals surface area (Å²) in [5.74, 6) is 0.337. The Morgan fingerprint density at radius 3 is 2.75 bits per heavy atom. The van der Waals surface area contributed by atoms with Gasteiger partial charge in [0, 0.05) is 27.4 Å². The van der Waals surface area contributed by atoms with Crippen molar-refractivity contribution in [3.8, 4) is 0 Å². The van der Waals surface area contributed by atoms with Crippen LogP contribution in [0.2, 0.25) is 0 Å². The van der Waals surface area contributed by atoms with E-state index in [1.807, 2.05) is 25.1 Å². The van der Waals surface area contributed by atoms with Gasteiger partial charge in [0.05, 0.1) is 0 Å². The van der Waals surface area contributed by atoms with Crippen molar-refractivity contribution in [3.05, 3.63) is 42.1 Å².